The van der Waals surface area contributed by atoms with Crippen LogP contribution < -0.4 is 5.32 Å². The monoisotopic (exact) mass is 375 g/mol. The average Bonchev–Trinajstić information content (AvgIpc) is 3.30. The van der Waals surface area contributed by atoms with E-state index in [4.69, 9.17) is 4.98 Å². The standard InChI is InChI=1S/C18H25N5O2S/c1-3-23-16(7-9-20-23)18(25)22-10-4-5-14(11-22)17-21-15(12-26-17)6-8-19-13(2)24/h7,9,12,14H,3-6,8,10-11H2,1-2H3,(H,19,24). The summed E-state index contributed by atoms with van der Waals surface area (Å²) < 4.78 is 1.75. The number of piperidine rings is 1. The molecule has 3 heterocycles. The minimum absolute atomic E-state index is 0.0202. The quantitative estimate of drug-likeness (QED) is 0.838. The third-order valence-corrected chi connectivity index (χ3v) is 5.67. The van der Waals surface area contributed by atoms with Crippen molar-refractivity contribution in [2.75, 3.05) is 19.6 Å². The van der Waals surface area contributed by atoms with E-state index in [9.17, 15) is 9.59 Å². The van der Waals surface area contributed by atoms with Crippen LogP contribution >= 0.6 is 11.3 Å². The molecule has 1 unspecified atom stereocenters. The van der Waals surface area contributed by atoms with E-state index in [1.165, 1.54) is 6.92 Å². The van der Waals surface area contributed by atoms with Crippen LogP contribution in [0, 0.1) is 0 Å². The molecule has 1 aliphatic rings. The maximum atomic E-state index is 12.8. The van der Waals surface area contributed by atoms with Gasteiger partial charge in [-0.25, -0.2) is 4.98 Å². The van der Waals surface area contributed by atoms with Crippen LogP contribution in [0.1, 0.15) is 53.8 Å². The van der Waals surface area contributed by atoms with Crippen molar-refractivity contribution in [2.45, 2.75) is 45.6 Å². The van der Waals surface area contributed by atoms with Gasteiger partial charge in [0.25, 0.3) is 5.91 Å². The van der Waals surface area contributed by atoms with Crippen molar-refractivity contribution in [3.63, 3.8) is 0 Å². The van der Waals surface area contributed by atoms with E-state index in [-0.39, 0.29) is 17.7 Å². The molecule has 2 aromatic rings. The van der Waals surface area contributed by atoms with E-state index in [2.05, 4.69) is 15.8 Å². The lowest BCUT2D eigenvalue weighted by Crippen LogP contribution is -2.40. The number of amides is 2. The summed E-state index contributed by atoms with van der Waals surface area (Å²) in [5.41, 5.74) is 1.66. The molecule has 2 amide bonds. The van der Waals surface area contributed by atoms with E-state index < -0.39 is 0 Å². The lowest BCUT2D eigenvalue weighted by Gasteiger charge is -2.31. The van der Waals surface area contributed by atoms with Gasteiger partial charge in [-0.05, 0) is 25.8 Å². The Balaban J connectivity index is 1.62. The summed E-state index contributed by atoms with van der Waals surface area (Å²) >= 11 is 1.65. The molecule has 0 saturated carbocycles. The van der Waals surface area contributed by atoms with Gasteiger partial charge in [0.15, 0.2) is 0 Å². The number of likely N-dealkylation sites (tertiary alicyclic amines) is 1. The third-order valence-electron chi connectivity index (χ3n) is 4.62. The Morgan fingerprint density at radius 1 is 1.42 bits per heavy atom. The molecule has 1 fully saturated rings. The van der Waals surface area contributed by atoms with Gasteiger partial charge >= 0.3 is 0 Å². The number of thiazole rings is 1. The number of hydrogen-bond acceptors (Lipinski definition) is 5. The number of aryl methyl sites for hydroxylation is 1. The highest BCUT2D eigenvalue weighted by atomic mass is 32.1. The number of aromatic nitrogens is 3. The van der Waals surface area contributed by atoms with E-state index in [1.54, 1.807) is 28.3 Å². The molecule has 140 valence electrons. The molecule has 3 rings (SSSR count). The Labute approximate surface area is 157 Å². The van der Waals surface area contributed by atoms with Gasteiger partial charge in [-0.15, -0.1) is 11.3 Å². The normalized spacial score (nSPS) is 17.3. The zero-order chi connectivity index (χ0) is 18.5. The first-order chi connectivity index (χ1) is 12.6. The number of nitrogens with one attached hydrogen (secondary N) is 1. The van der Waals surface area contributed by atoms with Crippen LogP contribution in [0.25, 0.3) is 0 Å². The van der Waals surface area contributed by atoms with Crippen LogP contribution in [0.5, 0.6) is 0 Å². The van der Waals surface area contributed by atoms with E-state index in [0.29, 0.717) is 25.3 Å². The molecule has 0 bridgehead atoms. The first-order valence-electron chi connectivity index (χ1n) is 9.08. The minimum Gasteiger partial charge on any atom is -0.356 e. The summed E-state index contributed by atoms with van der Waals surface area (Å²) in [5.74, 6) is 0.315. The number of rotatable bonds is 6. The summed E-state index contributed by atoms with van der Waals surface area (Å²) in [6.07, 6.45) is 4.45. The van der Waals surface area contributed by atoms with Crippen LogP contribution in [-0.2, 0) is 17.8 Å². The van der Waals surface area contributed by atoms with Crippen molar-refractivity contribution < 1.29 is 9.59 Å². The molecule has 0 aromatic carbocycles. The Morgan fingerprint density at radius 3 is 3.04 bits per heavy atom. The van der Waals surface area contributed by atoms with Crippen molar-refractivity contribution in [3.8, 4) is 0 Å². The molecule has 1 aliphatic heterocycles. The highest BCUT2D eigenvalue weighted by Crippen LogP contribution is 2.30. The van der Waals surface area contributed by atoms with E-state index in [1.807, 2.05) is 11.8 Å². The molecular weight excluding hydrogens is 350 g/mol. The third kappa shape index (κ3) is 4.30. The zero-order valence-corrected chi connectivity index (χ0v) is 16.1. The van der Waals surface area contributed by atoms with E-state index >= 15 is 0 Å². The van der Waals surface area contributed by atoms with Gasteiger partial charge in [0.05, 0.1) is 10.7 Å². The Hall–Kier alpha value is -2.22. The molecule has 2 aromatic heterocycles. The van der Waals surface area contributed by atoms with Crippen molar-refractivity contribution in [3.05, 3.63) is 34.0 Å². The maximum Gasteiger partial charge on any atom is 0.272 e. The molecule has 0 spiro atoms. The highest BCUT2D eigenvalue weighted by molar-refractivity contribution is 7.09. The lowest BCUT2D eigenvalue weighted by molar-refractivity contribution is -0.118. The van der Waals surface area contributed by atoms with Crippen molar-refractivity contribution >= 4 is 23.2 Å². The summed E-state index contributed by atoms with van der Waals surface area (Å²) in [6.45, 7) is 6.28. The predicted molar refractivity (Wildman–Crippen MR) is 100 cm³/mol. The molecule has 0 aliphatic carbocycles. The molecule has 1 saturated heterocycles. The van der Waals surface area contributed by atoms with Gasteiger partial charge in [0, 0.05) is 57.0 Å². The molecule has 1 N–H and O–H groups in total. The molecule has 8 heteroatoms. The number of carbonyl (C=O) groups excluding carboxylic acids is 2. The average molecular weight is 375 g/mol. The number of hydrogen-bond donors (Lipinski definition) is 1. The van der Waals surface area contributed by atoms with Crippen LogP contribution in [0.3, 0.4) is 0 Å². The smallest absolute Gasteiger partial charge is 0.272 e. The van der Waals surface area contributed by atoms with Crippen LogP contribution in [0.2, 0.25) is 0 Å². The van der Waals surface area contributed by atoms with Gasteiger partial charge in [-0.3, -0.25) is 14.3 Å². The van der Waals surface area contributed by atoms with Crippen LogP contribution in [0.15, 0.2) is 17.6 Å². The first kappa shape index (κ1) is 18.6. The fourth-order valence-electron chi connectivity index (χ4n) is 3.28. The summed E-state index contributed by atoms with van der Waals surface area (Å²) in [4.78, 5) is 30.5. The number of carbonyl (C=O) groups is 2. The molecular formula is C18H25N5O2S. The largest absolute Gasteiger partial charge is 0.356 e. The zero-order valence-electron chi connectivity index (χ0n) is 15.3. The van der Waals surface area contributed by atoms with Crippen molar-refractivity contribution in [2.24, 2.45) is 0 Å². The predicted octanol–water partition coefficient (Wildman–Crippen LogP) is 2.06. The molecule has 26 heavy (non-hydrogen) atoms. The van der Waals surface area contributed by atoms with Gasteiger partial charge in [0.1, 0.15) is 5.69 Å². The fraction of sp³-hybridized carbons (Fsp3) is 0.556. The van der Waals surface area contributed by atoms with Crippen LogP contribution in [0.4, 0.5) is 0 Å². The Bertz CT molecular complexity index is 769. The number of nitrogens with zero attached hydrogens (tertiary/aromatic N) is 4. The maximum absolute atomic E-state index is 12.8. The summed E-state index contributed by atoms with van der Waals surface area (Å²) in [7, 11) is 0. The van der Waals surface area contributed by atoms with Gasteiger partial charge < -0.3 is 10.2 Å². The SMILES string of the molecule is CCn1nccc1C(=O)N1CCCC(c2nc(CCNC(C)=O)cs2)C1. The van der Waals surface area contributed by atoms with Gasteiger partial charge in [0.2, 0.25) is 5.91 Å². The summed E-state index contributed by atoms with van der Waals surface area (Å²) in [5, 5.41) is 10.1. The fourth-order valence-corrected chi connectivity index (χ4v) is 4.27. The second-order valence-corrected chi connectivity index (χ2v) is 7.42. The van der Waals surface area contributed by atoms with Gasteiger partial charge in [-0.2, -0.15) is 5.10 Å². The molecule has 0 radical (unpaired) electrons. The molecule has 7 nitrogen and oxygen atoms in total. The minimum atomic E-state index is -0.0202. The Kier molecular flexibility index (Phi) is 6.03. The first-order valence-corrected chi connectivity index (χ1v) is 9.96. The van der Waals surface area contributed by atoms with Crippen LogP contribution in [-0.4, -0.2) is 51.1 Å². The molecule has 1 atom stereocenters. The topological polar surface area (TPSA) is 80.1 Å². The van der Waals surface area contributed by atoms with E-state index in [0.717, 1.165) is 36.5 Å². The van der Waals surface area contributed by atoms with Crippen molar-refractivity contribution in [1.82, 2.24) is 25.0 Å². The lowest BCUT2D eigenvalue weighted by atomic mass is 9.98. The van der Waals surface area contributed by atoms with Crippen molar-refractivity contribution in [1.29, 1.82) is 0 Å². The Morgan fingerprint density at radius 2 is 2.27 bits per heavy atom. The van der Waals surface area contributed by atoms with Gasteiger partial charge in [-0.1, -0.05) is 0 Å². The summed E-state index contributed by atoms with van der Waals surface area (Å²) in [6, 6.07) is 1.79. The highest BCUT2D eigenvalue weighted by Gasteiger charge is 2.28. The second kappa shape index (κ2) is 8.44. The second-order valence-electron chi connectivity index (χ2n) is 6.53.